The van der Waals surface area contributed by atoms with E-state index in [-0.39, 0.29) is 0 Å². The number of hydrogen-bond donors (Lipinski definition) is 0. The van der Waals surface area contributed by atoms with E-state index in [1.54, 1.807) is 12.5 Å². The smallest absolute Gasteiger partial charge is 0.241 e. The predicted octanol–water partition coefficient (Wildman–Crippen LogP) is 4.43. The first kappa shape index (κ1) is 16.4. The Morgan fingerprint density at radius 1 is 0.885 bits per heavy atom. The quantitative estimate of drug-likeness (QED) is 0.491. The molecule has 4 aromatic rings. The van der Waals surface area contributed by atoms with E-state index >= 15 is 0 Å². The molecule has 0 spiro atoms. The Labute approximate surface area is 151 Å². The van der Waals surface area contributed by atoms with Gasteiger partial charge in [0.1, 0.15) is 11.5 Å². The van der Waals surface area contributed by atoms with E-state index in [2.05, 4.69) is 15.0 Å². The Morgan fingerprint density at radius 2 is 1.62 bits per heavy atom. The Bertz CT molecular complexity index is 906. The van der Waals surface area contributed by atoms with E-state index in [1.165, 1.54) is 0 Å². The molecule has 0 fully saturated rings. The summed E-state index contributed by atoms with van der Waals surface area (Å²) in [6, 6.07) is 15.7. The molecule has 0 aliphatic heterocycles. The highest BCUT2D eigenvalue weighted by Crippen LogP contribution is 2.19. The first-order valence-electron chi connectivity index (χ1n) is 8.43. The van der Waals surface area contributed by atoms with E-state index in [1.807, 2.05) is 55.5 Å². The lowest BCUT2D eigenvalue weighted by Gasteiger charge is -2.17. The number of nitrogens with zero attached hydrogens (tertiary/aromatic N) is 3. The van der Waals surface area contributed by atoms with Gasteiger partial charge in [-0.1, -0.05) is 28.9 Å². The summed E-state index contributed by atoms with van der Waals surface area (Å²) in [5, 5.41) is 4.12. The second-order valence-electron chi connectivity index (χ2n) is 6.19. The van der Waals surface area contributed by atoms with Gasteiger partial charge in [0.15, 0.2) is 0 Å². The maximum Gasteiger partial charge on any atom is 0.241 e. The number of furan rings is 2. The van der Waals surface area contributed by atoms with E-state index in [0.717, 1.165) is 22.6 Å². The first-order valence-corrected chi connectivity index (χ1v) is 8.43. The predicted molar refractivity (Wildman–Crippen MR) is 94.8 cm³/mol. The van der Waals surface area contributed by atoms with Crippen LogP contribution in [0, 0.1) is 6.92 Å². The molecule has 0 atom stereocenters. The van der Waals surface area contributed by atoms with Crippen molar-refractivity contribution in [3.63, 3.8) is 0 Å². The van der Waals surface area contributed by atoms with Crippen LogP contribution in [0.2, 0.25) is 0 Å². The molecule has 3 heterocycles. The van der Waals surface area contributed by atoms with Crippen LogP contribution in [0.4, 0.5) is 0 Å². The van der Waals surface area contributed by atoms with Crippen molar-refractivity contribution in [1.29, 1.82) is 0 Å². The molecule has 0 saturated heterocycles. The summed E-state index contributed by atoms with van der Waals surface area (Å²) in [6.45, 7) is 3.78. The van der Waals surface area contributed by atoms with Crippen molar-refractivity contribution in [1.82, 2.24) is 15.0 Å². The summed E-state index contributed by atoms with van der Waals surface area (Å²) in [5.41, 5.74) is 2.11. The van der Waals surface area contributed by atoms with Crippen LogP contribution in [0.3, 0.4) is 0 Å². The number of aromatic nitrogens is 2. The number of benzene rings is 1. The molecule has 3 aromatic heterocycles. The largest absolute Gasteiger partial charge is 0.468 e. The van der Waals surface area contributed by atoms with E-state index in [9.17, 15) is 0 Å². The van der Waals surface area contributed by atoms with Crippen molar-refractivity contribution in [2.24, 2.45) is 0 Å². The summed E-state index contributed by atoms with van der Waals surface area (Å²) in [7, 11) is 0. The molecule has 0 aliphatic rings. The van der Waals surface area contributed by atoms with Crippen LogP contribution < -0.4 is 0 Å². The zero-order valence-electron chi connectivity index (χ0n) is 14.5. The maximum atomic E-state index is 5.47. The van der Waals surface area contributed by atoms with Gasteiger partial charge in [-0.05, 0) is 37.3 Å². The average Bonchev–Trinajstić information content (AvgIpc) is 3.37. The van der Waals surface area contributed by atoms with Gasteiger partial charge >= 0.3 is 0 Å². The van der Waals surface area contributed by atoms with Crippen LogP contribution in [-0.2, 0) is 19.6 Å². The average molecular weight is 349 g/mol. The Morgan fingerprint density at radius 3 is 2.23 bits per heavy atom. The third kappa shape index (κ3) is 3.92. The van der Waals surface area contributed by atoms with Crippen LogP contribution in [0.1, 0.15) is 23.0 Å². The minimum atomic E-state index is 0.500. The zero-order chi connectivity index (χ0) is 17.8. The third-order valence-electron chi connectivity index (χ3n) is 4.02. The monoisotopic (exact) mass is 349 g/mol. The SMILES string of the molecule is Cc1cccc(-c2noc(CN(Cc3ccco3)Cc3ccco3)n2)c1. The molecule has 0 N–H and O–H groups in total. The van der Waals surface area contributed by atoms with E-state index in [0.29, 0.717) is 31.3 Å². The van der Waals surface area contributed by atoms with Gasteiger partial charge in [-0.15, -0.1) is 0 Å². The molecular weight excluding hydrogens is 330 g/mol. The molecule has 0 bridgehead atoms. The molecule has 0 aliphatic carbocycles. The normalized spacial score (nSPS) is 11.3. The molecule has 6 nitrogen and oxygen atoms in total. The van der Waals surface area contributed by atoms with Gasteiger partial charge in [0.25, 0.3) is 0 Å². The van der Waals surface area contributed by atoms with Gasteiger partial charge in [-0.3, -0.25) is 4.90 Å². The summed E-state index contributed by atoms with van der Waals surface area (Å²) in [6.07, 6.45) is 3.34. The number of aryl methyl sites for hydroxylation is 1. The molecule has 0 unspecified atom stereocenters. The molecule has 0 amide bonds. The molecule has 6 heteroatoms. The Hall–Kier alpha value is -3.12. The van der Waals surface area contributed by atoms with Gasteiger partial charge in [0.05, 0.1) is 32.2 Å². The summed E-state index contributed by atoms with van der Waals surface area (Å²) in [5.74, 6) is 2.89. The summed E-state index contributed by atoms with van der Waals surface area (Å²) in [4.78, 5) is 6.67. The Kier molecular flexibility index (Phi) is 4.66. The van der Waals surface area contributed by atoms with Crippen molar-refractivity contribution in [3.8, 4) is 11.4 Å². The lowest BCUT2D eigenvalue weighted by Crippen LogP contribution is -2.22. The molecule has 4 rings (SSSR count). The number of rotatable bonds is 7. The second-order valence-corrected chi connectivity index (χ2v) is 6.19. The van der Waals surface area contributed by atoms with Gasteiger partial charge in [0.2, 0.25) is 11.7 Å². The summed E-state index contributed by atoms with van der Waals surface area (Å²) < 4.78 is 16.4. The van der Waals surface area contributed by atoms with E-state index in [4.69, 9.17) is 13.4 Å². The minimum Gasteiger partial charge on any atom is -0.468 e. The molecule has 0 radical (unpaired) electrons. The molecule has 132 valence electrons. The lowest BCUT2D eigenvalue weighted by molar-refractivity contribution is 0.183. The van der Waals surface area contributed by atoms with Crippen molar-refractivity contribution in [2.75, 3.05) is 0 Å². The lowest BCUT2D eigenvalue weighted by atomic mass is 10.1. The summed E-state index contributed by atoms with van der Waals surface area (Å²) >= 11 is 0. The highest BCUT2D eigenvalue weighted by atomic mass is 16.5. The van der Waals surface area contributed by atoms with Crippen molar-refractivity contribution < 1.29 is 13.4 Å². The van der Waals surface area contributed by atoms with Crippen LogP contribution in [0.5, 0.6) is 0 Å². The fourth-order valence-corrected chi connectivity index (χ4v) is 2.83. The highest BCUT2D eigenvalue weighted by Gasteiger charge is 2.16. The molecular formula is C20H19N3O3. The standard InChI is InChI=1S/C20H19N3O3/c1-15-5-2-6-16(11-15)20-21-19(26-22-20)14-23(12-17-7-3-9-24-17)13-18-8-4-10-25-18/h2-11H,12-14H2,1H3. The Balaban J connectivity index is 1.51. The van der Waals surface area contributed by atoms with Crippen molar-refractivity contribution in [3.05, 3.63) is 84.0 Å². The van der Waals surface area contributed by atoms with Gasteiger partial charge in [-0.25, -0.2) is 0 Å². The van der Waals surface area contributed by atoms with Gasteiger partial charge in [-0.2, -0.15) is 4.98 Å². The van der Waals surface area contributed by atoms with Crippen LogP contribution in [0.15, 0.2) is 74.4 Å². The molecule has 26 heavy (non-hydrogen) atoms. The topological polar surface area (TPSA) is 68.4 Å². The highest BCUT2D eigenvalue weighted by molar-refractivity contribution is 5.55. The molecule has 1 aromatic carbocycles. The van der Waals surface area contributed by atoms with Crippen molar-refractivity contribution in [2.45, 2.75) is 26.6 Å². The maximum absolute atomic E-state index is 5.47. The first-order chi connectivity index (χ1) is 12.8. The number of hydrogen-bond acceptors (Lipinski definition) is 6. The van der Waals surface area contributed by atoms with Crippen LogP contribution in [-0.4, -0.2) is 15.0 Å². The minimum absolute atomic E-state index is 0.500. The van der Waals surface area contributed by atoms with Crippen LogP contribution >= 0.6 is 0 Å². The molecule has 0 saturated carbocycles. The second kappa shape index (κ2) is 7.41. The van der Waals surface area contributed by atoms with Gasteiger partial charge in [0, 0.05) is 5.56 Å². The fraction of sp³-hybridized carbons (Fsp3) is 0.200. The van der Waals surface area contributed by atoms with Gasteiger partial charge < -0.3 is 13.4 Å². The van der Waals surface area contributed by atoms with Crippen LogP contribution in [0.25, 0.3) is 11.4 Å². The van der Waals surface area contributed by atoms with E-state index < -0.39 is 0 Å². The zero-order valence-corrected chi connectivity index (χ0v) is 14.5. The van der Waals surface area contributed by atoms with Crippen molar-refractivity contribution >= 4 is 0 Å². The fourth-order valence-electron chi connectivity index (χ4n) is 2.83. The third-order valence-corrected chi connectivity index (χ3v) is 4.02.